The van der Waals surface area contributed by atoms with E-state index in [9.17, 15) is 4.79 Å². The van der Waals surface area contributed by atoms with Gasteiger partial charge in [-0.05, 0) is 38.8 Å². The van der Waals surface area contributed by atoms with Crippen molar-refractivity contribution >= 4 is 11.7 Å². The summed E-state index contributed by atoms with van der Waals surface area (Å²) in [7, 11) is 0. The molecule has 0 radical (unpaired) electrons. The number of pyridine rings is 1. The molecule has 0 fully saturated rings. The van der Waals surface area contributed by atoms with E-state index in [1.165, 1.54) is 0 Å². The molecule has 1 aromatic rings. The van der Waals surface area contributed by atoms with Crippen LogP contribution in [0.2, 0.25) is 0 Å². The van der Waals surface area contributed by atoms with Crippen LogP contribution in [0.4, 0.5) is 5.82 Å². The molecule has 1 rings (SSSR count). The normalized spacial score (nSPS) is 10.4. The molecule has 0 aliphatic heterocycles. The van der Waals surface area contributed by atoms with Gasteiger partial charge in [-0.15, -0.1) is 0 Å². The van der Waals surface area contributed by atoms with Gasteiger partial charge >= 0.3 is 0 Å². The van der Waals surface area contributed by atoms with Crippen molar-refractivity contribution in [2.24, 2.45) is 0 Å². The van der Waals surface area contributed by atoms with E-state index in [1.54, 1.807) is 0 Å². The quantitative estimate of drug-likeness (QED) is 0.791. The fourth-order valence-electron chi connectivity index (χ4n) is 2.07. The smallest absolute Gasteiger partial charge is 0.254 e. The highest BCUT2D eigenvalue weighted by molar-refractivity contribution is 5.95. The Bertz CT molecular complexity index is 432. The molecule has 0 spiro atoms. The molecule has 0 unspecified atom stereocenters. The molecule has 1 amide bonds. The fraction of sp³-hybridized carbons (Fsp3) is 0.625. The molecule has 0 saturated heterocycles. The summed E-state index contributed by atoms with van der Waals surface area (Å²) in [4.78, 5) is 18.9. The summed E-state index contributed by atoms with van der Waals surface area (Å²) in [5.74, 6) is 0.896. The van der Waals surface area contributed by atoms with Crippen LogP contribution in [0.25, 0.3) is 0 Å². The second kappa shape index (κ2) is 8.56. The Morgan fingerprint density at radius 1 is 1.25 bits per heavy atom. The topological polar surface area (TPSA) is 45.2 Å². The van der Waals surface area contributed by atoms with E-state index < -0.39 is 0 Å². The van der Waals surface area contributed by atoms with Crippen molar-refractivity contribution in [3.8, 4) is 0 Å². The maximum Gasteiger partial charge on any atom is 0.254 e. The summed E-state index contributed by atoms with van der Waals surface area (Å²) in [6.07, 6.45) is 3.18. The fourth-order valence-corrected chi connectivity index (χ4v) is 2.07. The van der Waals surface area contributed by atoms with Gasteiger partial charge in [0.2, 0.25) is 0 Å². The van der Waals surface area contributed by atoms with Crippen LogP contribution in [0.3, 0.4) is 0 Å². The summed E-state index contributed by atoms with van der Waals surface area (Å²) in [5, 5.41) is 3.25. The number of carbonyl (C=O) groups is 1. The number of aromatic nitrogens is 1. The minimum atomic E-state index is 0.103. The number of anilines is 1. The number of nitrogens with one attached hydrogen (secondary N) is 1. The van der Waals surface area contributed by atoms with Crippen molar-refractivity contribution in [2.45, 2.75) is 47.0 Å². The molecule has 4 nitrogen and oxygen atoms in total. The van der Waals surface area contributed by atoms with Gasteiger partial charge in [-0.25, -0.2) is 4.98 Å². The second-order valence-corrected chi connectivity index (χ2v) is 5.05. The molecule has 0 aliphatic carbocycles. The van der Waals surface area contributed by atoms with Gasteiger partial charge in [0.1, 0.15) is 5.82 Å². The minimum absolute atomic E-state index is 0.103. The molecular weight excluding hydrogens is 250 g/mol. The Hall–Kier alpha value is -1.58. The first-order chi connectivity index (χ1) is 9.62. The van der Waals surface area contributed by atoms with Crippen LogP contribution in [0.15, 0.2) is 12.1 Å². The highest BCUT2D eigenvalue weighted by Crippen LogP contribution is 2.13. The average molecular weight is 277 g/mol. The van der Waals surface area contributed by atoms with Crippen LogP contribution in [-0.4, -0.2) is 35.4 Å². The van der Waals surface area contributed by atoms with Gasteiger partial charge in [0.05, 0.1) is 0 Å². The lowest BCUT2D eigenvalue weighted by Crippen LogP contribution is -2.31. The third-order valence-electron chi connectivity index (χ3n) is 3.21. The largest absolute Gasteiger partial charge is 0.370 e. The zero-order valence-electron chi connectivity index (χ0n) is 13.2. The standard InChI is InChI=1S/C16H27N3O/c1-5-8-10-19(7-3)16(20)14-11-13(4)18-15(12-14)17-9-6-2/h11-12H,5-10H2,1-4H3,(H,17,18). The van der Waals surface area contributed by atoms with E-state index >= 15 is 0 Å². The Kier molecular flexibility index (Phi) is 7.05. The number of aryl methyl sites for hydroxylation is 1. The lowest BCUT2D eigenvalue weighted by molar-refractivity contribution is 0.0762. The van der Waals surface area contributed by atoms with Gasteiger partial charge in [-0.2, -0.15) is 0 Å². The van der Waals surface area contributed by atoms with Gasteiger partial charge in [0.25, 0.3) is 5.91 Å². The Morgan fingerprint density at radius 2 is 2.00 bits per heavy atom. The molecule has 20 heavy (non-hydrogen) atoms. The van der Waals surface area contributed by atoms with Crippen molar-refractivity contribution in [3.63, 3.8) is 0 Å². The zero-order chi connectivity index (χ0) is 15.0. The number of nitrogens with zero attached hydrogens (tertiary/aromatic N) is 2. The number of carbonyl (C=O) groups excluding carboxylic acids is 1. The predicted molar refractivity (Wildman–Crippen MR) is 84.2 cm³/mol. The van der Waals surface area contributed by atoms with Gasteiger partial charge in [0.15, 0.2) is 0 Å². The SMILES string of the molecule is CCCCN(CC)C(=O)c1cc(C)nc(NCCC)c1. The van der Waals surface area contributed by atoms with Gasteiger partial charge in [-0.1, -0.05) is 20.3 Å². The Balaban J connectivity index is 2.87. The van der Waals surface area contributed by atoms with E-state index in [2.05, 4.69) is 24.1 Å². The summed E-state index contributed by atoms with van der Waals surface area (Å²) >= 11 is 0. The molecule has 1 aromatic heterocycles. The molecule has 1 N–H and O–H groups in total. The number of amides is 1. The van der Waals surface area contributed by atoms with E-state index in [-0.39, 0.29) is 5.91 Å². The van der Waals surface area contributed by atoms with Gasteiger partial charge in [-0.3, -0.25) is 4.79 Å². The van der Waals surface area contributed by atoms with Crippen LogP contribution in [0.5, 0.6) is 0 Å². The number of hydrogen-bond donors (Lipinski definition) is 1. The molecular formula is C16H27N3O. The first-order valence-electron chi connectivity index (χ1n) is 7.64. The number of hydrogen-bond acceptors (Lipinski definition) is 3. The van der Waals surface area contributed by atoms with E-state index in [0.29, 0.717) is 0 Å². The first-order valence-corrected chi connectivity index (χ1v) is 7.64. The highest BCUT2D eigenvalue weighted by atomic mass is 16.2. The van der Waals surface area contributed by atoms with Crippen molar-refractivity contribution in [1.82, 2.24) is 9.88 Å². The van der Waals surface area contributed by atoms with Crippen molar-refractivity contribution < 1.29 is 4.79 Å². The predicted octanol–water partition coefficient (Wildman–Crippen LogP) is 3.47. The molecule has 0 atom stereocenters. The Morgan fingerprint density at radius 3 is 2.60 bits per heavy atom. The second-order valence-electron chi connectivity index (χ2n) is 5.05. The highest BCUT2D eigenvalue weighted by Gasteiger charge is 2.15. The Labute approximate surface area is 122 Å². The minimum Gasteiger partial charge on any atom is -0.370 e. The number of rotatable bonds is 8. The van der Waals surface area contributed by atoms with Crippen LogP contribution in [0, 0.1) is 6.92 Å². The van der Waals surface area contributed by atoms with E-state index in [1.807, 2.05) is 30.9 Å². The maximum atomic E-state index is 12.5. The summed E-state index contributed by atoms with van der Waals surface area (Å²) < 4.78 is 0. The molecule has 112 valence electrons. The first kappa shape index (κ1) is 16.5. The molecule has 0 aliphatic rings. The summed E-state index contributed by atoms with van der Waals surface area (Å²) in [6, 6.07) is 3.73. The van der Waals surface area contributed by atoms with Gasteiger partial charge in [0, 0.05) is 30.9 Å². The molecule has 0 bridgehead atoms. The van der Waals surface area contributed by atoms with Crippen molar-refractivity contribution in [1.29, 1.82) is 0 Å². The molecule has 1 heterocycles. The molecule has 0 aromatic carbocycles. The molecule has 0 saturated carbocycles. The van der Waals surface area contributed by atoms with Crippen LogP contribution < -0.4 is 5.32 Å². The van der Waals surface area contributed by atoms with Crippen LogP contribution in [0.1, 0.15) is 56.1 Å². The maximum absolute atomic E-state index is 12.5. The monoisotopic (exact) mass is 277 g/mol. The van der Waals surface area contributed by atoms with E-state index in [4.69, 9.17) is 0 Å². The van der Waals surface area contributed by atoms with Crippen molar-refractivity contribution in [2.75, 3.05) is 25.0 Å². The van der Waals surface area contributed by atoms with Crippen LogP contribution >= 0.6 is 0 Å². The lowest BCUT2D eigenvalue weighted by Gasteiger charge is -2.21. The van der Waals surface area contributed by atoms with Crippen LogP contribution in [-0.2, 0) is 0 Å². The lowest BCUT2D eigenvalue weighted by atomic mass is 10.2. The third kappa shape index (κ3) is 4.83. The van der Waals surface area contributed by atoms with Gasteiger partial charge < -0.3 is 10.2 Å². The van der Waals surface area contributed by atoms with E-state index in [0.717, 1.165) is 56.0 Å². The number of unbranched alkanes of at least 4 members (excludes halogenated alkanes) is 1. The molecule has 4 heteroatoms. The average Bonchev–Trinajstić information content (AvgIpc) is 2.45. The summed E-state index contributed by atoms with van der Waals surface area (Å²) in [6.45, 7) is 10.6. The van der Waals surface area contributed by atoms with Crippen molar-refractivity contribution in [3.05, 3.63) is 23.4 Å². The summed E-state index contributed by atoms with van der Waals surface area (Å²) in [5.41, 5.74) is 1.61. The third-order valence-corrected chi connectivity index (χ3v) is 3.21. The zero-order valence-corrected chi connectivity index (χ0v) is 13.2.